The molecule has 6 heteroatoms. The first-order valence-electron chi connectivity index (χ1n) is 8.54. The summed E-state index contributed by atoms with van der Waals surface area (Å²) >= 11 is 0. The zero-order chi connectivity index (χ0) is 17.8. The molecule has 0 aliphatic carbocycles. The summed E-state index contributed by atoms with van der Waals surface area (Å²) in [6.07, 6.45) is 3.16. The number of fused-ring (bicyclic) bond motifs is 1. The number of hydrogen-bond acceptors (Lipinski definition) is 4. The number of benzene rings is 2. The average Bonchev–Trinajstić information content (AvgIpc) is 3.17. The van der Waals surface area contributed by atoms with E-state index in [4.69, 9.17) is 9.47 Å². The largest absolute Gasteiger partial charge is 0.485 e. The van der Waals surface area contributed by atoms with Gasteiger partial charge in [0.2, 0.25) is 6.10 Å². The van der Waals surface area contributed by atoms with E-state index < -0.39 is 6.10 Å². The molecule has 3 aromatic rings. The van der Waals surface area contributed by atoms with Crippen molar-refractivity contribution >= 4 is 5.91 Å². The molecule has 1 amide bonds. The Labute approximate surface area is 151 Å². The SMILES string of the molecule is O=C(NCCn1cc(-c2ccccc2)cn1)[C@H]1COc2ccccc2O1. The van der Waals surface area contributed by atoms with Gasteiger partial charge in [-0.15, -0.1) is 0 Å². The van der Waals surface area contributed by atoms with Crippen LogP contribution in [0.2, 0.25) is 0 Å². The van der Waals surface area contributed by atoms with E-state index >= 15 is 0 Å². The van der Waals surface area contributed by atoms with Crippen molar-refractivity contribution in [2.24, 2.45) is 0 Å². The van der Waals surface area contributed by atoms with Gasteiger partial charge in [-0.25, -0.2) is 0 Å². The quantitative estimate of drug-likeness (QED) is 0.769. The lowest BCUT2D eigenvalue weighted by atomic mass is 10.1. The number of hydrogen-bond donors (Lipinski definition) is 1. The Bertz CT molecular complexity index is 892. The van der Waals surface area contributed by atoms with Gasteiger partial charge in [0, 0.05) is 18.3 Å². The minimum Gasteiger partial charge on any atom is -0.485 e. The second kappa shape index (κ2) is 7.31. The molecular formula is C20H19N3O3. The van der Waals surface area contributed by atoms with Gasteiger partial charge in [0.25, 0.3) is 5.91 Å². The third-order valence-corrected chi connectivity index (χ3v) is 4.18. The summed E-state index contributed by atoms with van der Waals surface area (Å²) in [4.78, 5) is 12.3. The van der Waals surface area contributed by atoms with Crippen LogP contribution in [-0.2, 0) is 11.3 Å². The highest BCUT2D eigenvalue weighted by atomic mass is 16.6. The van der Waals surface area contributed by atoms with Gasteiger partial charge in [0.1, 0.15) is 6.61 Å². The fourth-order valence-corrected chi connectivity index (χ4v) is 2.82. The minimum absolute atomic E-state index is 0.185. The summed E-state index contributed by atoms with van der Waals surface area (Å²) < 4.78 is 13.1. The molecule has 4 rings (SSSR count). The van der Waals surface area contributed by atoms with Crippen molar-refractivity contribution in [1.82, 2.24) is 15.1 Å². The fourth-order valence-electron chi connectivity index (χ4n) is 2.82. The molecule has 0 unspecified atom stereocenters. The maximum Gasteiger partial charge on any atom is 0.264 e. The molecule has 1 aliphatic rings. The van der Waals surface area contributed by atoms with Crippen molar-refractivity contribution in [1.29, 1.82) is 0 Å². The van der Waals surface area contributed by atoms with Crippen LogP contribution in [0, 0.1) is 0 Å². The van der Waals surface area contributed by atoms with Crippen LogP contribution in [0.25, 0.3) is 11.1 Å². The molecule has 0 saturated carbocycles. The first-order chi connectivity index (χ1) is 12.8. The number of carbonyl (C=O) groups excluding carboxylic acids is 1. The van der Waals surface area contributed by atoms with E-state index in [1.54, 1.807) is 6.07 Å². The summed E-state index contributed by atoms with van der Waals surface area (Å²) in [5.74, 6) is 1.08. The monoisotopic (exact) mass is 349 g/mol. The Morgan fingerprint density at radius 3 is 2.69 bits per heavy atom. The molecule has 1 aliphatic heterocycles. The number of nitrogens with zero attached hydrogens (tertiary/aromatic N) is 2. The first-order valence-corrected chi connectivity index (χ1v) is 8.54. The van der Waals surface area contributed by atoms with Crippen LogP contribution in [-0.4, -0.2) is 34.9 Å². The van der Waals surface area contributed by atoms with E-state index in [-0.39, 0.29) is 12.5 Å². The van der Waals surface area contributed by atoms with Crippen LogP contribution in [0.3, 0.4) is 0 Å². The maximum absolute atomic E-state index is 12.3. The fraction of sp³-hybridized carbons (Fsp3) is 0.200. The molecule has 1 aromatic heterocycles. The van der Waals surface area contributed by atoms with Crippen molar-refractivity contribution < 1.29 is 14.3 Å². The molecule has 0 saturated heterocycles. The van der Waals surface area contributed by atoms with Crippen molar-refractivity contribution in [3.05, 3.63) is 67.0 Å². The van der Waals surface area contributed by atoms with E-state index in [9.17, 15) is 4.79 Å². The lowest BCUT2D eigenvalue weighted by molar-refractivity contribution is -0.130. The number of aromatic nitrogens is 2. The number of nitrogens with one attached hydrogen (secondary N) is 1. The Morgan fingerprint density at radius 1 is 1.08 bits per heavy atom. The smallest absolute Gasteiger partial charge is 0.264 e. The van der Waals surface area contributed by atoms with Crippen molar-refractivity contribution in [3.8, 4) is 22.6 Å². The second-order valence-corrected chi connectivity index (χ2v) is 6.01. The highest BCUT2D eigenvalue weighted by molar-refractivity contribution is 5.81. The normalized spacial score (nSPS) is 15.5. The topological polar surface area (TPSA) is 65.4 Å². The molecule has 0 spiro atoms. The van der Waals surface area contributed by atoms with Crippen LogP contribution in [0.1, 0.15) is 0 Å². The van der Waals surface area contributed by atoms with Gasteiger partial charge >= 0.3 is 0 Å². The molecular weight excluding hydrogens is 330 g/mol. The van der Waals surface area contributed by atoms with Gasteiger partial charge in [0.15, 0.2) is 11.5 Å². The van der Waals surface area contributed by atoms with Gasteiger partial charge < -0.3 is 14.8 Å². The Morgan fingerprint density at radius 2 is 1.85 bits per heavy atom. The van der Waals surface area contributed by atoms with Gasteiger partial charge in [-0.1, -0.05) is 42.5 Å². The molecule has 1 atom stereocenters. The second-order valence-electron chi connectivity index (χ2n) is 6.01. The molecule has 1 N–H and O–H groups in total. The summed E-state index contributed by atoms with van der Waals surface area (Å²) in [7, 11) is 0. The van der Waals surface area contributed by atoms with Crippen molar-refractivity contribution in [3.63, 3.8) is 0 Å². The Hall–Kier alpha value is -3.28. The molecule has 26 heavy (non-hydrogen) atoms. The predicted molar refractivity (Wildman–Crippen MR) is 97.0 cm³/mol. The molecule has 132 valence electrons. The van der Waals surface area contributed by atoms with Crippen LogP contribution >= 0.6 is 0 Å². The predicted octanol–water partition coefficient (Wildman–Crippen LogP) is 2.51. The third kappa shape index (κ3) is 3.54. The standard InChI is InChI=1S/C20H19N3O3/c24-20(19-14-25-17-8-4-5-9-18(17)26-19)21-10-11-23-13-16(12-22-23)15-6-2-1-3-7-15/h1-9,12-13,19H,10-11,14H2,(H,21,24)/t19-/m1/s1. The van der Waals surface area contributed by atoms with E-state index in [2.05, 4.69) is 10.4 Å². The zero-order valence-electron chi connectivity index (χ0n) is 14.2. The Kier molecular flexibility index (Phi) is 4.55. The van der Waals surface area contributed by atoms with Gasteiger partial charge in [-0.2, -0.15) is 5.10 Å². The van der Waals surface area contributed by atoms with Crippen LogP contribution in [0.4, 0.5) is 0 Å². The van der Waals surface area contributed by atoms with Crippen molar-refractivity contribution in [2.75, 3.05) is 13.2 Å². The summed E-state index contributed by atoms with van der Waals surface area (Å²) in [5.41, 5.74) is 2.17. The van der Waals surface area contributed by atoms with Gasteiger partial charge in [-0.05, 0) is 17.7 Å². The number of carbonyl (C=O) groups is 1. The highest BCUT2D eigenvalue weighted by Gasteiger charge is 2.26. The first kappa shape index (κ1) is 16.2. The van der Waals surface area contributed by atoms with Crippen LogP contribution in [0.5, 0.6) is 11.5 Å². The van der Waals surface area contributed by atoms with E-state index in [0.717, 1.165) is 11.1 Å². The van der Waals surface area contributed by atoms with Crippen LogP contribution < -0.4 is 14.8 Å². The number of ether oxygens (including phenoxy) is 2. The molecule has 6 nitrogen and oxygen atoms in total. The van der Waals surface area contributed by atoms with E-state index in [1.165, 1.54) is 0 Å². The summed E-state index contributed by atoms with van der Waals surface area (Å²) in [6.45, 7) is 1.27. The molecule has 2 heterocycles. The lowest BCUT2D eigenvalue weighted by Gasteiger charge is -2.25. The Balaban J connectivity index is 1.29. The van der Waals surface area contributed by atoms with Gasteiger partial charge in [0.05, 0.1) is 12.7 Å². The van der Waals surface area contributed by atoms with E-state index in [1.807, 2.05) is 65.6 Å². The molecule has 0 radical (unpaired) electrons. The number of para-hydroxylation sites is 2. The number of rotatable bonds is 5. The van der Waals surface area contributed by atoms with Crippen molar-refractivity contribution in [2.45, 2.75) is 12.6 Å². The van der Waals surface area contributed by atoms with Gasteiger partial charge in [-0.3, -0.25) is 9.48 Å². The molecule has 2 aromatic carbocycles. The maximum atomic E-state index is 12.3. The number of amides is 1. The highest BCUT2D eigenvalue weighted by Crippen LogP contribution is 2.30. The average molecular weight is 349 g/mol. The summed E-state index contributed by atoms with van der Waals surface area (Å²) in [5, 5.41) is 7.22. The molecule has 0 bridgehead atoms. The lowest BCUT2D eigenvalue weighted by Crippen LogP contribution is -2.44. The van der Waals surface area contributed by atoms with E-state index in [0.29, 0.717) is 24.6 Å². The van der Waals surface area contributed by atoms with Crippen LogP contribution in [0.15, 0.2) is 67.0 Å². The third-order valence-electron chi connectivity index (χ3n) is 4.18. The zero-order valence-corrected chi connectivity index (χ0v) is 14.2. The minimum atomic E-state index is -0.637. The molecule has 0 fully saturated rings. The summed E-state index contributed by atoms with van der Waals surface area (Å²) in [6, 6.07) is 17.4.